The van der Waals surface area contributed by atoms with Crippen LogP contribution in [0.2, 0.25) is 0 Å². The molecular weight excluding hydrogens is 510 g/mol. The fraction of sp³-hybridized carbons (Fsp3) is 0.467. The summed E-state index contributed by atoms with van der Waals surface area (Å²) in [5, 5.41) is 20.1. The molecular formula is C30H41N5O5. The zero-order valence-corrected chi connectivity index (χ0v) is 23.4. The Bertz CT molecular complexity index is 1150. The summed E-state index contributed by atoms with van der Waals surface area (Å²) in [4.78, 5) is 53.0. The molecule has 1 aliphatic rings. The van der Waals surface area contributed by atoms with Gasteiger partial charge in [-0.1, -0.05) is 60.7 Å². The molecule has 4 atom stereocenters. The molecule has 0 spiro atoms. The Hall–Kier alpha value is -3.76. The molecule has 0 saturated carbocycles. The van der Waals surface area contributed by atoms with Crippen molar-refractivity contribution in [3.63, 3.8) is 0 Å². The van der Waals surface area contributed by atoms with Crippen LogP contribution in [0.15, 0.2) is 60.7 Å². The highest BCUT2D eigenvalue weighted by atomic mass is 16.3. The number of aliphatic hydroxyl groups excluding tert-OH is 1. The Morgan fingerprint density at radius 3 is 2.17 bits per heavy atom. The molecule has 6 N–H and O–H groups in total. The molecule has 2 unspecified atom stereocenters. The number of amides is 4. The molecule has 0 aliphatic carbocycles. The Morgan fingerprint density at radius 1 is 1.00 bits per heavy atom. The van der Waals surface area contributed by atoms with Gasteiger partial charge in [0.25, 0.3) is 5.91 Å². The molecule has 2 aromatic rings. The van der Waals surface area contributed by atoms with Crippen LogP contribution in [0.3, 0.4) is 0 Å². The summed E-state index contributed by atoms with van der Waals surface area (Å²) < 4.78 is 0. The fourth-order valence-electron chi connectivity index (χ4n) is 4.79. The van der Waals surface area contributed by atoms with E-state index in [-0.39, 0.29) is 18.7 Å². The molecule has 3 rings (SSSR count). The third-order valence-corrected chi connectivity index (χ3v) is 6.71. The Morgan fingerprint density at radius 2 is 1.60 bits per heavy atom. The van der Waals surface area contributed by atoms with E-state index >= 15 is 0 Å². The van der Waals surface area contributed by atoms with Crippen molar-refractivity contribution in [1.82, 2.24) is 20.9 Å². The van der Waals surface area contributed by atoms with E-state index < -0.39 is 47.5 Å². The normalized spacial score (nSPS) is 17.5. The van der Waals surface area contributed by atoms with E-state index in [1.54, 1.807) is 0 Å². The number of likely N-dealkylation sites (tertiary alicyclic amines) is 1. The smallest absolute Gasteiger partial charge is 0.254 e. The molecule has 216 valence electrons. The second kappa shape index (κ2) is 14.0. The number of rotatable bonds is 12. The summed E-state index contributed by atoms with van der Waals surface area (Å²) in [5.41, 5.74) is 6.66. The van der Waals surface area contributed by atoms with Gasteiger partial charge in [-0.25, -0.2) is 0 Å². The third kappa shape index (κ3) is 9.17. The van der Waals surface area contributed by atoms with Crippen LogP contribution in [-0.4, -0.2) is 69.9 Å². The van der Waals surface area contributed by atoms with Crippen molar-refractivity contribution in [3.05, 3.63) is 71.8 Å². The van der Waals surface area contributed by atoms with Crippen molar-refractivity contribution < 1.29 is 24.3 Å². The van der Waals surface area contributed by atoms with Gasteiger partial charge in [-0.15, -0.1) is 0 Å². The van der Waals surface area contributed by atoms with Gasteiger partial charge in [0.05, 0.1) is 18.5 Å². The first-order valence-electron chi connectivity index (χ1n) is 13.6. The van der Waals surface area contributed by atoms with Gasteiger partial charge in [0.1, 0.15) is 6.04 Å². The summed E-state index contributed by atoms with van der Waals surface area (Å²) in [6, 6.07) is 15.9. The molecule has 1 fully saturated rings. The van der Waals surface area contributed by atoms with Gasteiger partial charge in [0, 0.05) is 18.6 Å². The molecule has 2 aromatic carbocycles. The number of aliphatic hydroxyl groups is 1. The lowest BCUT2D eigenvalue weighted by atomic mass is 9.99. The van der Waals surface area contributed by atoms with Crippen LogP contribution in [0.4, 0.5) is 0 Å². The fourth-order valence-corrected chi connectivity index (χ4v) is 4.79. The average Bonchev–Trinajstić information content (AvgIpc) is 3.40. The van der Waals surface area contributed by atoms with Crippen LogP contribution in [0.5, 0.6) is 0 Å². The van der Waals surface area contributed by atoms with Crippen molar-refractivity contribution in [2.24, 2.45) is 5.73 Å². The largest absolute Gasteiger partial charge is 0.381 e. The summed E-state index contributed by atoms with van der Waals surface area (Å²) in [5.74, 6) is -2.13. The topological polar surface area (TPSA) is 154 Å². The number of hydrogen-bond acceptors (Lipinski definition) is 6. The van der Waals surface area contributed by atoms with E-state index in [0.717, 1.165) is 11.1 Å². The van der Waals surface area contributed by atoms with Gasteiger partial charge in [-0.3, -0.25) is 19.2 Å². The summed E-state index contributed by atoms with van der Waals surface area (Å²) >= 11 is 0. The summed E-state index contributed by atoms with van der Waals surface area (Å²) in [7, 11) is 0. The van der Waals surface area contributed by atoms with Gasteiger partial charge in [-0.05, 0) is 51.2 Å². The van der Waals surface area contributed by atoms with Crippen LogP contribution in [0.25, 0.3) is 0 Å². The minimum Gasteiger partial charge on any atom is -0.381 e. The zero-order chi connectivity index (χ0) is 29.3. The number of nitrogens with one attached hydrogen (secondary N) is 3. The quantitative estimate of drug-likeness (QED) is 0.265. The predicted octanol–water partition coefficient (Wildman–Crippen LogP) is 1.01. The van der Waals surface area contributed by atoms with E-state index in [1.165, 1.54) is 4.90 Å². The van der Waals surface area contributed by atoms with Gasteiger partial charge < -0.3 is 31.7 Å². The van der Waals surface area contributed by atoms with Crippen LogP contribution in [0, 0.1) is 0 Å². The van der Waals surface area contributed by atoms with Gasteiger partial charge in [0.15, 0.2) is 6.10 Å². The second-order valence-electron chi connectivity index (χ2n) is 11.3. The highest BCUT2D eigenvalue weighted by Gasteiger charge is 2.40. The maximum absolute atomic E-state index is 13.6. The first kappa shape index (κ1) is 30.8. The number of nitrogens with two attached hydrogens (primary N) is 1. The molecule has 10 heteroatoms. The zero-order valence-electron chi connectivity index (χ0n) is 23.4. The number of carbonyl (C=O) groups excluding carboxylic acids is 4. The van der Waals surface area contributed by atoms with Crippen molar-refractivity contribution in [2.45, 2.75) is 82.8 Å². The van der Waals surface area contributed by atoms with Crippen LogP contribution in [0.1, 0.15) is 51.2 Å². The monoisotopic (exact) mass is 551 g/mol. The van der Waals surface area contributed by atoms with Crippen LogP contribution < -0.4 is 21.7 Å². The van der Waals surface area contributed by atoms with Crippen molar-refractivity contribution in [1.29, 1.82) is 0 Å². The van der Waals surface area contributed by atoms with E-state index in [2.05, 4.69) is 16.0 Å². The molecule has 0 radical (unpaired) electrons. The molecule has 1 heterocycles. The molecule has 0 aromatic heterocycles. The van der Waals surface area contributed by atoms with Crippen LogP contribution in [-0.2, 0) is 32.1 Å². The third-order valence-electron chi connectivity index (χ3n) is 6.71. The number of hydrogen-bond donors (Lipinski definition) is 5. The maximum atomic E-state index is 13.6. The number of primary amides is 1. The van der Waals surface area contributed by atoms with E-state index in [9.17, 15) is 24.3 Å². The minimum absolute atomic E-state index is 0.161. The lowest BCUT2D eigenvalue weighted by molar-refractivity contribution is -0.147. The lowest BCUT2D eigenvalue weighted by Crippen LogP contribution is -2.58. The highest BCUT2D eigenvalue weighted by Crippen LogP contribution is 2.21. The van der Waals surface area contributed by atoms with E-state index in [0.29, 0.717) is 25.9 Å². The summed E-state index contributed by atoms with van der Waals surface area (Å²) in [6.45, 7) is 6.23. The van der Waals surface area contributed by atoms with Gasteiger partial charge >= 0.3 is 0 Å². The molecule has 0 bridgehead atoms. The van der Waals surface area contributed by atoms with Crippen molar-refractivity contribution >= 4 is 23.6 Å². The second-order valence-corrected chi connectivity index (χ2v) is 11.3. The first-order valence-corrected chi connectivity index (χ1v) is 13.6. The van der Waals surface area contributed by atoms with Crippen molar-refractivity contribution in [3.8, 4) is 0 Å². The molecule has 40 heavy (non-hydrogen) atoms. The number of carbonyl (C=O) groups is 4. The molecule has 4 amide bonds. The van der Waals surface area contributed by atoms with Gasteiger partial charge in [-0.2, -0.15) is 0 Å². The number of benzene rings is 2. The Balaban J connectivity index is 1.79. The van der Waals surface area contributed by atoms with E-state index in [1.807, 2.05) is 81.4 Å². The Labute approximate surface area is 235 Å². The standard InChI is InChI=1S/C30H41N5O5/c1-30(2,3)34-28(39)24-15-10-16-35(24)29(40)26(37)22(17-20-11-6-4-7-12-20)33-27(38)23(18-25(31)36)32-19-21-13-8-5-9-14-21/h4-9,11-14,22-24,26,32,37H,10,15-19H2,1-3H3,(H2,31,36)(H,33,38)(H,34,39)/t22?,23-,24-,26?/m0/s1. The Kier molecular flexibility index (Phi) is 10.8. The lowest BCUT2D eigenvalue weighted by Gasteiger charge is -2.32. The van der Waals surface area contributed by atoms with Gasteiger partial charge in [0.2, 0.25) is 17.7 Å². The van der Waals surface area contributed by atoms with Crippen LogP contribution >= 0.6 is 0 Å². The number of nitrogens with zero attached hydrogens (tertiary/aromatic N) is 1. The van der Waals surface area contributed by atoms with E-state index in [4.69, 9.17) is 5.73 Å². The molecule has 10 nitrogen and oxygen atoms in total. The highest BCUT2D eigenvalue weighted by molar-refractivity contribution is 5.92. The first-order chi connectivity index (χ1) is 18.9. The predicted molar refractivity (Wildman–Crippen MR) is 152 cm³/mol. The van der Waals surface area contributed by atoms with Crippen molar-refractivity contribution in [2.75, 3.05) is 6.54 Å². The minimum atomic E-state index is -1.62. The maximum Gasteiger partial charge on any atom is 0.254 e. The SMILES string of the molecule is CC(C)(C)NC(=O)[C@@H]1CCCN1C(=O)C(O)C(Cc1ccccc1)NC(=O)[C@H](CC(N)=O)NCc1ccccc1. The summed E-state index contributed by atoms with van der Waals surface area (Å²) in [6.07, 6.45) is -0.605. The molecule has 1 aliphatic heterocycles. The average molecular weight is 552 g/mol. The molecule has 1 saturated heterocycles.